The zero-order valence-corrected chi connectivity index (χ0v) is 21.9. The summed E-state index contributed by atoms with van der Waals surface area (Å²) in [5.74, 6) is 0.585. The zero-order chi connectivity index (χ0) is 25.2. The maximum atomic E-state index is 12.2. The Morgan fingerprint density at radius 1 is 1.17 bits per heavy atom. The number of ether oxygens (including phenoxy) is 1. The monoisotopic (exact) mass is 515 g/mol. The van der Waals surface area contributed by atoms with Gasteiger partial charge in [0.15, 0.2) is 0 Å². The number of aromatic nitrogens is 3. The van der Waals surface area contributed by atoms with Gasteiger partial charge in [-0.1, -0.05) is 40.8 Å². The van der Waals surface area contributed by atoms with E-state index in [2.05, 4.69) is 15.2 Å². The molecule has 1 saturated heterocycles. The summed E-state index contributed by atoms with van der Waals surface area (Å²) in [4.78, 5) is 28.0. The lowest BCUT2D eigenvalue weighted by atomic mass is 10.1. The molecule has 1 amide bonds. The molecule has 0 radical (unpaired) electrons. The van der Waals surface area contributed by atoms with Crippen LogP contribution in [0, 0.1) is 6.92 Å². The van der Waals surface area contributed by atoms with E-state index in [0.717, 1.165) is 26.5 Å². The highest BCUT2D eigenvalue weighted by atomic mass is 32.2. The molecule has 3 aromatic rings. The fourth-order valence-corrected chi connectivity index (χ4v) is 4.88. The normalized spacial score (nSPS) is 14.4. The van der Waals surface area contributed by atoms with Crippen LogP contribution in [0.4, 0.5) is 4.79 Å². The Morgan fingerprint density at radius 2 is 1.89 bits per heavy atom. The number of thioether (sulfide) groups is 1. The Hall–Kier alpha value is -2.92. The Labute approximate surface area is 213 Å². The molecule has 0 saturated carbocycles. The van der Waals surface area contributed by atoms with Gasteiger partial charge in [0, 0.05) is 49.6 Å². The summed E-state index contributed by atoms with van der Waals surface area (Å²) >= 11 is 7.13. The van der Waals surface area contributed by atoms with Crippen molar-refractivity contribution in [1.29, 1.82) is 0 Å². The van der Waals surface area contributed by atoms with Crippen molar-refractivity contribution < 1.29 is 13.9 Å². The van der Waals surface area contributed by atoms with Crippen LogP contribution in [0.5, 0.6) is 0 Å². The molecule has 0 atom stereocenters. The van der Waals surface area contributed by atoms with E-state index in [4.69, 9.17) is 21.4 Å². The third-order valence-electron chi connectivity index (χ3n) is 5.44. The molecule has 0 unspecified atom stereocenters. The van der Waals surface area contributed by atoms with Crippen LogP contribution in [0.3, 0.4) is 0 Å². The Morgan fingerprint density at radius 3 is 2.60 bits per heavy atom. The summed E-state index contributed by atoms with van der Waals surface area (Å²) in [6.45, 7) is 10.5. The molecule has 1 aliphatic heterocycles. The second-order valence-corrected chi connectivity index (χ2v) is 11.1. The van der Waals surface area contributed by atoms with E-state index in [9.17, 15) is 9.59 Å². The first-order valence-corrected chi connectivity index (χ1v) is 12.8. The van der Waals surface area contributed by atoms with E-state index in [1.807, 2.05) is 52.1 Å². The highest BCUT2D eigenvalue weighted by Gasteiger charge is 2.26. The average Bonchev–Trinajstić information content (AvgIpc) is 3.24. The number of piperazine rings is 1. The molecule has 0 spiro atoms. The van der Waals surface area contributed by atoms with Crippen LogP contribution >= 0.6 is 24.0 Å². The second kappa shape index (κ2) is 10.4. The molecule has 0 aliphatic carbocycles. The number of amides is 1. The number of carbonyl (C=O) groups is 1. The minimum absolute atomic E-state index is 0.286. The van der Waals surface area contributed by atoms with Crippen molar-refractivity contribution >= 4 is 45.4 Å². The molecule has 0 N–H and O–H groups in total. The molecule has 1 aliphatic rings. The molecule has 0 bridgehead atoms. The Kier molecular flexibility index (Phi) is 7.46. The van der Waals surface area contributed by atoms with Gasteiger partial charge >= 0.3 is 11.7 Å². The predicted octanol–water partition coefficient (Wildman–Crippen LogP) is 3.81. The van der Waals surface area contributed by atoms with Crippen molar-refractivity contribution in [2.45, 2.75) is 45.6 Å². The van der Waals surface area contributed by atoms with Gasteiger partial charge in [-0.3, -0.25) is 0 Å². The maximum absolute atomic E-state index is 12.2. The van der Waals surface area contributed by atoms with Crippen LogP contribution in [-0.4, -0.2) is 67.0 Å². The van der Waals surface area contributed by atoms with Crippen molar-refractivity contribution in [3.05, 3.63) is 57.7 Å². The van der Waals surface area contributed by atoms with Crippen LogP contribution in [0.1, 0.15) is 37.6 Å². The SMILES string of the molecule is Cc1ccc2oc(=O)cc(Cn3cc(CSC(=S)N4CCN(C(=O)OC(C)(C)C)CC4)nn3)c2c1. The topological polar surface area (TPSA) is 93.7 Å². The van der Waals surface area contributed by atoms with Crippen LogP contribution < -0.4 is 5.63 Å². The Balaban J connectivity index is 1.31. The molecule has 11 heteroatoms. The first-order chi connectivity index (χ1) is 16.6. The number of fused-ring (bicyclic) bond motifs is 1. The minimum atomic E-state index is -0.504. The molecule has 186 valence electrons. The molecule has 35 heavy (non-hydrogen) atoms. The lowest BCUT2D eigenvalue weighted by Crippen LogP contribution is -2.50. The number of carbonyl (C=O) groups excluding carboxylic acids is 1. The van der Waals surface area contributed by atoms with Gasteiger partial charge in [-0.2, -0.15) is 0 Å². The van der Waals surface area contributed by atoms with Crippen molar-refractivity contribution in [2.24, 2.45) is 0 Å². The molecule has 1 fully saturated rings. The van der Waals surface area contributed by atoms with E-state index in [0.29, 0.717) is 44.1 Å². The van der Waals surface area contributed by atoms with Crippen LogP contribution in [0.2, 0.25) is 0 Å². The first-order valence-electron chi connectivity index (χ1n) is 11.4. The summed E-state index contributed by atoms with van der Waals surface area (Å²) in [5.41, 5.74) is 2.39. The number of aryl methyl sites for hydroxylation is 1. The summed E-state index contributed by atoms with van der Waals surface area (Å²) < 4.78 is 13.2. The number of benzene rings is 1. The smallest absolute Gasteiger partial charge is 0.410 e. The van der Waals surface area contributed by atoms with Gasteiger partial charge in [-0.05, 0) is 45.4 Å². The van der Waals surface area contributed by atoms with Crippen molar-refractivity contribution in [3.8, 4) is 0 Å². The summed E-state index contributed by atoms with van der Waals surface area (Å²) in [7, 11) is 0. The fourth-order valence-electron chi connectivity index (χ4n) is 3.75. The standard InChI is InChI=1S/C24H29N5O4S2/c1-16-5-6-20-19(11-16)17(12-21(30)32-20)13-29-14-18(25-26-29)15-35-23(34)28-9-7-27(8-10-28)22(31)33-24(2,3)4/h5-6,11-12,14H,7-10,13,15H2,1-4H3. The van der Waals surface area contributed by atoms with Crippen molar-refractivity contribution in [2.75, 3.05) is 26.2 Å². The summed E-state index contributed by atoms with van der Waals surface area (Å²) in [5, 5.41) is 9.38. The quantitative estimate of drug-likeness (QED) is 0.380. The summed E-state index contributed by atoms with van der Waals surface area (Å²) in [6.07, 6.45) is 1.58. The third-order valence-corrected chi connectivity index (χ3v) is 6.99. The zero-order valence-electron chi connectivity index (χ0n) is 20.3. The van der Waals surface area contributed by atoms with Gasteiger partial charge in [0.2, 0.25) is 0 Å². The molecule has 9 nitrogen and oxygen atoms in total. The van der Waals surface area contributed by atoms with E-state index < -0.39 is 5.60 Å². The number of hydrogen-bond donors (Lipinski definition) is 0. The highest BCUT2D eigenvalue weighted by molar-refractivity contribution is 8.22. The lowest BCUT2D eigenvalue weighted by Gasteiger charge is -2.36. The van der Waals surface area contributed by atoms with Crippen LogP contribution in [-0.2, 0) is 17.0 Å². The number of nitrogens with zero attached hydrogens (tertiary/aromatic N) is 5. The van der Waals surface area contributed by atoms with E-state index in [1.54, 1.807) is 9.58 Å². The third kappa shape index (κ3) is 6.61. The molecule has 2 aromatic heterocycles. The van der Waals surface area contributed by atoms with Crippen molar-refractivity contribution in [3.63, 3.8) is 0 Å². The summed E-state index contributed by atoms with van der Waals surface area (Å²) in [6, 6.07) is 7.24. The maximum Gasteiger partial charge on any atom is 0.410 e. The Bertz CT molecular complexity index is 1290. The van der Waals surface area contributed by atoms with Crippen molar-refractivity contribution in [1.82, 2.24) is 24.8 Å². The van der Waals surface area contributed by atoms with Crippen LogP contribution in [0.25, 0.3) is 11.0 Å². The number of thiocarbonyl (C=S) groups is 1. The van der Waals surface area contributed by atoms with Gasteiger partial charge in [0.05, 0.1) is 12.2 Å². The first kappa shape index (κ1) is 25.2. The lowest BCUT2D eigenvalue weighted by molar-refractivity contribution is 0.0189. The largest absolute Gasteiger partial charge is 0.444 e. The predicted molar refractivity (Wildman–Crippen MR) is 140 cm³/mol. The number of rotatable bonds is 4. The van der Waals surface area contributed by atoms with Gasteiger partial charge in [-0.15, -0.1) is 5.10 Å². The molecule has 1 aromatic carbocycles. The highest BCUT2D eigenvalue weighted by Crippen LogP contribution is 2.21. The molecular weight excluding hydrogens is 486 g/mol. The second-order valence-electron chi connectivity index (χ2n) is 9.51. The van der Waals surface area contributed by atoms with E-state index >= 15 is 0 Å². The van der Waals surface area contributed by atoms with Gasteiger partial charge in [0.25, 0.3) is 0 Å². The molecule has 4 rings (SSSR count). The van der Waals surface area contributed by atoms with Gasteiger partial charge in [-0.25, -0.2) is 14.3 Å². The fraction of sp³-hybridized carbons (Fsp3) is 0.458. The van der Waals surface area contributed by atoms with Crippen LogP contribution in [0.15, 0.2) is 39.7 Å². The average molecular weight is 516 g/mol. The van der Waals surface area contributed by atoms with Gasteiger partial charge in [0.1, 0.15) is 15.5 Å². The van der Waals surface area contributed by atoms with E-state index in [-0.39, 0.29) is 11.7 Å². The minimum Gasteiger partial charge on any atom is -0.444 e. The van der Waals surface area contributed by atoms with E-state index in [1.165, 1.54) is 17.8 Å². The molecule has 3 heterocycles. The molecular formula is C24H29N5O4S2. The number of hydrogen-bond acceptors (Lipinski definition) is 8. The van der Waals surface area contributed by atoms with Gasteiger partial charge < -0.3 is 19.0 Å².